The Hall–Kier alpha value is -0.970. The van der Waals surface area contributed by atoms with Crippen molar-refractivity contribution in [3.05, 3.63) is 29.8 Å². The maximum absolute atomic E-state index is 12.5. The average molecular weight is 229 g/mol. The maximum atomic E-state index is 12.5. The van der Waals surface area contributed by atoms with Gasteiger partial charge >= 0.3 is 0 Å². The molecule has 5 heteroatoms. The summed E-state index contributed by atoms with van der Waals surface area (Å²) >= 11 is 0. The predicted molar refractivity (Wildman–Crippen MR) is 54.5 cm³/mol. The topological polar surface area (TPSA) is 47.0 Å². The monoisotopic (exact) mass is 229 g/mol. The third-order valence-electron chi connectivity index (χ3n) is 2.70. The number of hydrogen-bond acceptors (Lipinski definition) is 3. The van der Waals surface area contributed by atoms with Crippen LogP contribution < -0.4 is 0 Å². The lowest BCUT2D eigenvalue weighted by Crippen LogP contribution is -2.29. The van der Waals surface area contributed by atoms with Crippen LogP contribution in [0.1, 0.15) is 25.0 Å². The van der Waals surface area contributed by atoms with Gasteiger partial charge in [0, 0.05) is 0 Å². The van der Waals surface area contributed by atoms with Crippen LogP contribution in [0.15, 0.2) is 18.3 Å². The minimum atomic E-state index is -3.07. The molecule has 1 fully saturated rings. The molecule has 1 heterocycles. The van der Waals surface area contributed by atoms with Gasteiger partial charge in [-0.3, -0.25) is 4.98 Å². The number of halogens is 1. The zero-order valence-corrected chi connectivity index (χ0v) is 9.00. The number of sulfone groups is 1. The van der Waals surface area contributed by atoms with Crippen LogP contribution >= 0.6 is 0 Å². The summed E-state index contributed by atoms with van der Waals surface area (Å²) in [5, 5.41) is -0.204. The molecule has 0 saturated heterocycles. The first-order valence-electron chi connectivity index (χ1n) is 4.90. The summed E-state index contributed by atoms with van der Waals surface area (Å²) in [6, 6.07) is 2.66. The van der Waals surface area contributed by atoms with Gasteiger partial charge in [-0.05, 0) is 25.0 Å². The van der Waals surface area contributed by atoms with E-state index in [0.717, 1.165) is 25.5 Å². The van der Waals surface area contributed by atoms with E-state index in [0.29, 0.717) is 5.69 Å². The van der Waals surface area contributed by atoms with Crippen molar-refractivity contribution < 1.29 is 12.8 Å². The molecule has 82 valence electrons. The number of pyridine rings is 1. The van der Waals surface area contributed by atoms with Gasteiger partial charge in [-0.15, -0.1) is 0 Å². The van der Waals surface area contributed by atoms with Crippen molar-refractivity contribution in [2.24, 2.45) is 0 Å². The van der Waals surface area contributed by atoms with Gasteiger partial charge in [0.25, 0.3) is 0 Å². The molecule has 2 rings (SSSR count). The van der Waals surface area contributed by atoms with Crippen molar-refractivity contribution in [2.45, 2.75) is 30.3 Å². The molecule has 0 N–H and O–H groups in total. The smallest absolute Gasteiger partial charge is 0.158 e. The average Bonchev–Trinajstić information content (AvgIpc) is 2.04. The van der Waals surface area contributed by atoms with Crippen molar-refractivity contribution in [1.29, 1.82) is 0 Å². The second-order valence-corrected chi connectivity index (χ2v) is 6.11. The Labute approximate surface area is 88.3 Å². The molecule has 0 atom stereocenters. The van der Waals surface area contributed by atoms with Gasteiger partial charge in [-0.2, -0.15) is 0 Å². The van der Waals surface area contributed by atoms with Crippen LogP contribution in [0.3, 0.4) is 0 Å². The summed E-state index contributed by atoms with van der Waals surface area (Å²) in [6.07, 6.45) is 3.54. The number of hydrogen-bond donors (Lipinski definition) is 0. The minimum Gasteiger partial charge on any atom is -0.257 e. The van der Waals surface area contributed by atoms with Gasteiger partial charge in [0.15, 0.2) is 9.84 Å². The second kappa shape index (κ2) is 3.89. The van der Waals surface area contributed by atoms with Crippen molar-refractivity contribution in [1.82, 2.24) is 4.98 Å². The van der Waals surface area contributed by atoms with Gasteiger partial charge in [-0.1, -0.05) is 6.42 Å². The number of nitrogens with zero attached hydrogens (tertiary/aromatic N) is 1. The van der Waals surface area contributed by atoms with E-state index in [1.54, 1.807) is 0 Å². The molecular weight excluding hydrogens is 217 g/mol. The fourth-order valence-corrected chi connectivity index (χ4v) is 3.42. The molecule has 0 bridgehead atoms. The molecule has 1 aromatic rings. The Balaban J connectivity index is 2.11. The molecular formula is C10H12FNO2S. The molecule has 0 aliphatic heterocycles. The summed E-state index contributed by atoms with van der Waals surface area (Å²) < 4.78 is 36.0. The zero-order valence-electron chi connectivity index (χ0n) is 8.19. The largest absolute Gasteiger partial charge is 0.257 e. The lowest BCUT2D eigenvalue weighted by molar-refractivity contribution is 0.476. The van der Waals surface area contributed by atoms with Crippen molar-refractivity contribution in [3.63, 3.8) is 0 Å². The van der Waals surface area contributed by atoms with Crippen LogP contribution in [0, 0.1) is 5.82 Å². The lowest BCUT2D eigenvalue weighted by Gasteiger charge is -2.24. The molecule has 0 unspecified atom stereocenters. The SMILES string of the molecule is O=S(=O)(Cc1ccc(F)cn1)C1CCC1. The van der Waals surface area contributed by atoms with Crippen molar-refractivity contribution >= 4 is 9.84 Å². The Bertz CT molecular complexity index is 437. The van der Waals surface area contributed by atoms with Gasteiger partial charge in [0.05, 0.1) is 22.9 Å². The molecule has 1 aromatic heterocycles. The molecule has 15 heavy (non-hydrogen) atoms. The molecule has 0 spiro atoms. The van der Waals surface area contributed by atoms with Crippen LogP contribution in [0.25, 0.3) is 0 Å². The Morgan fingerprint density at radius 2 is 2.13 bits per heavy atom. The van der Waals surface area contributed by atoms with Crippen LogP contribution in [-0.4, -0.2) is 18.7 Å². The van der Waals surface area contributed by atoms with Crippen LogP contribution in [0.4, 0.5) is 4.39 Å². The third-order valence-corrected chi connectivity index (χ3v) is 4.88. The third kappa shape index (κ3) is 2.34. The van der Waals surface area contributed by atoms with Crippen LogP contribution in [-0.2, 0) is 15.6 Å². The Morgan fingerprint density at radius 1 is 1.40 bits per heavy atom. The van der Waals surface area contributed by atoms with Crippen LogP contribution in [0.5, 0.6) is 0 Å². The first-order valence-corrected chi connectivity index (χ1v) is 6.61. The first kappa shape index (κ1) is 10.5. The Kier molecular flexibility index (Phi) is 2.73. The summed E-state index contributed by atoms with van der Waals surface area (Å²) in [4.78, 5) is 3.75. The van der Waals surface area contributed by atoms with E-state index in [2.05, 4.69) is 4.98 Å². The van der Waals surface area contributed by atoms with E-state index in [1.807, 2.05) is 0 Å². The summed E-state index contributed by atoms with van der Waals surface area (Å²) in [5.74, 6) is -0.516. The van der Waals surface area contributed by atoms with Crippen LogP contribution in [0.2, 0.25) is 0 Å². The van der Waals surface area contributed by atoms with E-state index in [4.69, 9.17) is 0 Å². The summed E-state index contributed by atoms with van der Waals surface area (Å²) in [6.45, 7) is 0. The highest BCUT2D eigenvalue weighted by Crippen LogP contribution is 2.28. The van der Waals surface area contributed by atoms with Gasteiger partial charge in [0.2, 0.25) is 0 Å². The first-order chi connectivity index (χ1) is 7.08. The van der Waals surface area contributed by atoms with Gasteiger partial charge in [0.1, 0.15) is 5.82 Å². The van der Waals surface area contributed by atoms with E-state index in [-0.39, 0.29) is 11.0 Å². The molecule has 1 saturated carbocycles. The number of rotatable bonds is 3. The van der Waals surface area contributed by atoms with E-state index in [9.17, 15) is 12.8 Å². The lowest BCUT2D eigenvalue weighted by atomic mass is 10.0. The van der Waals surface area contributed by atoms with Gasteiger partial charge < -0.3 is 0 Å². The van der Waals surface area contributed by atoms with Crippen molar-refractivity contribution in [2.75, 3.05) is 0 Å². The van der Waals surface area contributed by atoms with E-state index < -0.39 is 15.7 Å². The van der Waals surface area contributed by atoms with Crippen molar-refractivity contribution in [3.8, 4) is 0 Å². The van der Waals surface area contributed by atoms with E-state index >= 15 is 0 Å². The highest BCUT2D eigenvalue weighted by Gasteiger charge is 2.31. The second-order valence-electron chi connectivity index (χ2n) is 3.83. The standard InChI is InChI=1S/C10H12FNO2S/c11-8-4-5-9(12-6-8)7-15(13,14)10-2-1-3-10/h4-6,10H,1-3,7H2. The normalized spacial score (nSPS) is 17.4. The number of aromatic nitrogens is 1. The molecule has 0 aromatic carbocycles. The maximum Gasteiger partial charge on any atom is 0.158 e. The predicted octanol–water partition coefficient (Wildman–Crippen LogP) is 1.69. The summed E-state index contributed by atoms with van der Waals surface area (Å²) in [5.41, 5.74) is 0.420. The molecule has 0 radical (unpaired) electrons. The molecule has 0 amide bonds. The molecule has 3 nitrogen and oxygen atoms in total. The fourth-order valence-electron chi connectivity index (χ4n) is 1.55. The fraction of sp³-hybridized carbons (Fsp3) is 0.500. The highest BCUT2D eigenvalue weighted by atomic mass is 32.2. The molecule has 1 aliphatic carbocycles. The quantitative estimate of drug-likeness (QED) is 0.792. The minimum absolute atomic E-state index is 0.0715. The van der Waals surface area contributed by atoms with Gasteiger partial charge in [-0.25, -0.2) is 12.8 Å². The van der Waals surface area contributed by atoms with E-state index in [1.165, 1.54) is 12.1 Å². The Morgan fingerprint density at radius 3 is 2.60 bits per heavy atom. The highest BCUT2D eigenvalue weighted by molar-refractivity contribution is 7.91. The summed E-state index contributed by atoms with van der Waals surface area (Å²) in [7, 11) is -3.07. The zero-order chi connectivity index (χ0) is 10.9. The molecule has 1 aliphatic rings.